The van der Waals surface area contributed by atoms with Gasteiger partial charge >= 0.3 is 0 Å². The Morgan fingerprint density at radius 3 is 2.77 bits per heavy atom. The molecular formula is C19H21N7. The fourth-order valence-electron chi connectivity index (χ4n) is 3.31. The van der Waals surface area contributed by atoms with Crippen LogP contribution in [0.15, 0.2) is 30.9 Å². The Bertz CT molecular complexity index is 995. The number of anilines is 3. The molecule has 0 amide bonds. The molecule has 1 fully saturated rings. The smallest absolute Gasteiger partial charge is 0.134 e. The minimum Gasteiger partial charge on any atom is -0.354 e. The third-order valence-corrected chi connectivity index (χ3v) is 5.02. The maximum Gasteiger partial charge on any atom is 0.134 e. The van der Waals surface area contributed by atoms with Crippen molar-refractivity contribution in [2.75, 3.05) is 29.9 Å². The van der Waals surface area contributed by atoms with Crippen LogP contribution in [0, 0.1) is 17.2 Å². The van der Waals surface area contributed by atoms with Crippen molar-refractivity contribution in [2.45, 2.75) is 13.3 Å². The van der Waals surface area contributed by atoms with E-state index in [-0.39, 0.29) is 5.92 Å². The van der Waals surface area contributed by atoms with E-state index in [1.54, 1.807) is 12.5 Å². The zero-order valence-corrected chi connectivity index (χ0v) is 15.2. The summed E-state index contributed by atoms with van der Waals surface area (Å²) in [6.07, 6.45) is 6.41. The lowest BCUT2D eigenvalue weighted by Gasteiger charge is -2.36. The van der Waals surface area contributed by atoms with E-state index in [4.69, 9.17) is 5.26 Å². The van der Waals surface area contributed by atoms with Gasteiger partial charge in [0.25, 0.3) is 0 Å². The molecule has 0 saturated carbocycles. The first-order valence-electron chi connectivity index (χ1n) is 8.75. The highest BCUT2D eigenvalue weighted by molar-refractivity contribution is 5.79. The quantitative estimate of drug-likeness (QED) is 0.722. The van der Waals surface area contributed by atoms with Crippen LogP contribution in [0.3, 0.4) is 0 Å². The van der Waals surface area contributed by atoms with Crippen LogP contribution >= 0.6 is 0 Å². The Kier molecular flexibility index (Phi) is 3.96. The van der Waals surface area contributed by atoms with Gasteiger partial charge in [-0.25, -0.2) is 15.0 Å². The third kappa shape index (κ3) is 2.64. The zero-order chi connectivity index (χ0) is 18.3. The predicted molar refractivity (Wildman–Crippen MR) is 102 cm³/mol. The number of nitrogens with zero attached hydrogens (tertiary/aromatic N) is 7. The van der Waals surface area contributed by atoms with Gasteiger partial charge in [-0.05, 0) is 18.1 Å². The predicted octanol–water partition coefficient (Wildman–Crippen LogP) is 2.65. The second-order valence-corrected chi connectivity index (χ2v) is 6.70. The summed E-state index contributed by atoms with van der Waals surface area (Å²) in [6, 6.07) is 6.48. The molecule has 4 heterocycles. The Hall–Kier alpha value is -3.14. The van der Waals surface area contributed by atoms with Gasteiger partial charge in [-0.3, -0.25) is 0 Å². The van der Waals surface area contributed by atoms with Gasteiger partial charge in [0.15, 0.2) is 0 Å². The van der Waals surface area contributed by atoms with Crippen molar-refractivity contribution in [3.05, 3.63) is 36.4 Å². The standard InChI is InChI=1S/C19H21N7/c1-4-14-5-19(26-10-13(7-20)11-26)22-9-17(14)25(3)18-6-16-15(8-21-18)23-12-24(16)2/h5-6,8-9,12-13H,4,10-11H2,1-3H3. The van der Waals surface area contributed by atoms with Gasteiger partial charge in [-0.15, -0.1) is 0 Å². The number of pyridine rings is 2. The van der Waals surface area contributed by atoms with Crippen molar-refractivity contribution in [3.63, 3.8) is 0 Å². The first kappa shape index (κ1) is 16.3. The van der Waals surface area contributed by atoms with Gasteiger partial charge in [0, 0.05) is 33.3 Å². The van der Waals surface area contributed by atoms with Crippen LogP contribution in [0.5, 0.6) is 0 Å². The van der Waals surface area contributed by atoms with Crippen molar-refractivity contribution in [3.8, 4) is 6.07 Å². The average molecular weight is 347 g/mol. The molecule has 7 heteroatoms. The Balaban J connectivity index is 1.65. The Morgan fingerprint density at radius 2 is 2.04 bits per heavy atom. The van der Waals surface area contributed by atoms with Gasteiger partial charge in [-0.1, -0.05) is 6.92 Å². The summed E-state index contributed by atoms with van der Waals surface area (Å²) in [4.78, 5) is 17.7. The average Bonchev–Trinajstić information content (AvgIpc) is 3.00. The second kappa shape index (κ2) is 6.30. The number of hydrogen-bond donors (Lipinski definition) is 0. The molecule has 1 saturated heterocycles. The van der Waals surface area contributed by atoms with Crippen LogP contribution in [0.1, 0.15) is 12.5 Å². The Morgan fingerprint density at radius 1 is 1.23 bits per heavy atom. The van der Waals surface area contributed by atoms with Gasteiger partial charge in [0.05, 0.1) is 41.9 Å². The van der Waals surface area contributed by atoms with Gasteiger partial charge in [-0.2, -0.15) is 5.26 Å². The van der Waals surface area contributed by atoms with Crippen LogP contribution in [0.25, 0.3) is 11.0 Å². The maximum atomic E-state index is 8.96. The van der Waals surface area contributed by atoms with Crippen LogP contribution in [-0.2, 0) is 13.5 Å². The summed E-state index contributed by atoms with van der Waals surface area (Å²) < 4.78 is 1.99. The number of aromatic nitrogens is 4. The molecule has 0 aliphatic carbocycles. The van der Waals surface area contributed by atoms with E-state index in [2.05, 4.69) is 43.8 Å². The molecule has 0 bridgehead atoms. The summed E-state index contributed by atoms with van der Waals surface area (Å²) in [6.45, 7) is 3.67. The number of hydrogen-bond acceptors (Lipinski definition) is 6. The molecular weight excluding hydrogens is 326 g/mol. The summed E-state index contributed by atoms with van der Waals surface area (Å²) in [5.74, 6) is 1.93. The van der Waals surface area contributed by atoms with E-state index in [0.717, 1.165) is 47.9 Å². The topological polar surface area (TPSA) is 73.9 Å². The van der Waals surface area contributed by atoms with Crippen LogP contribution in [-0.4, -0.2) is 39.7 Å². The SMILES string of the molecule is CCc1cc(N2CC(C#N)C2)ncc1N(C)c1cc2c(cn1)ncn2C. The molecule has 7 nitrogen and oxygen atoms in total. The molecule has 132 valence electrons. The van der Waals surface area contributed by atoms with Gasteiger partial charge in [0.2, 0.25) is 0 Å². The van der Waals surface area contributed by atoms with Crippen molar-refractivity contribution >= 4 is 28.4 Å². The number of aryl methyl sites for hydroxylation is 2. The van der Waals surface area contributed by atoms with E-state index in [0.29, 0.717) is 0 Å². The van der Waals surface area contributed by atoms with Gasteiger partial charge < -0.3 is 14.4 Å². The van der Waals surface area contributed by atoms with E-state index in [1.807, 2.05) is 30.9 Å². The molecule has 0 atom stereocenters. The molecule has 1 aliphatic heterocycles. The first-order chi connectivity index (χ1) is 12.6. The highest BCUT2D eigenvalue weighted by Gasteiger charge is 2.28. The monoisotopic (exact) mass is 347 g/mol. The third-order valence-electron chi connectivity index (χ3n) is 5.02. The lowest BCUT2D eigenvalue weighted by molar-refractivity contribution is 0.499. The van der Waals surface area contributed by atoms with Gasteiger partial charge in [0.1, 0.15) is 17.2 Å². The zero-order valence-electron chi connectivity index (χ0n) is 15.2. The molecule has 0 N–H and O–H groups in total. The fourth-order valence-corrected chi connectivity index (χ4v) is 3.31. The number of fused-ring (bicyclic) bond motifs is 1. The van der Waals surface area contributed by atoms with E-state index in [9.17, 15) is 0 Å². The summed E-state index contributed by atoms with van der Waals surface area (Å²) in [5.41, 5.74) is 4.19. The van der Waals surface area contributed by atoms with Crippen LogP contribution in [0.2, 0.25) is 0 Å². The van der Waals surface area contributed by atoms with Crippen molar-refractivity contribution in [1.29, 1.82) is 5.26 Å². The molecule has 0 aromatic carbocycles. The highest BCUT2D eigenvalue weighted by Crippen LogP contribution is 2.31. The lowest BCUT2D eigenvalue weighted by atomic mass is 10.0. The molecule has 26 heavy (non-hydrogen) atoms. The minimum absolute atomic E-state index is 0.124. The minimum atomic E-state index is 0.124. The lowest BCUT2D eigenvalue weighted by Crippen LogP contribution is -2.46. The van der Waals surface area contributed by atoms with Crippen LogP contribution in [0.4, 0.5) is 17.3 Å². The molecule has 0 spiro atoms. The molecule has 3 aromatic rings. The van der Waals surface area contributed by atoms with E-state index >= 15 is 0 Å². The van der Waals surface area contributed by atoms with Crippen molar-refractivity contribution < 1.29 is 0 Å². The fraction of sp³-hybridized carbons (Fsp3) is 0.368. The second-order valence-electron chi connectivity index (χ2n) is 6.70. The number of nitriles is 1. The summed E-state index contributed by atoms with van der Waals surface area (Å²) in [5, 5.41) is 8.96. The van der Waals surface area contributed by atoms with E-state index < -0.39 is 0 Å². The highest BCUT2D eigenvalue weighted by atomic mass is 15.2. The first-order valence-corrected chi connectivity index (χ1v) is 8.75. The number of imidazole rings is 1. The molecule has 1 aliphatic rings. The molecule has 4 rings (SSSR count). The summed E-state index contributed by atoms with van der Waals surface area (Å²) >= 11 is 0. The molecule has 0 radical (unpaired) electrons. The summed E-state index contributed by atoms with van der Waals surface area (Å²) in [7, 11) is 3.99. The Labute approximate surface area is 152 Å². The van der Waals surface area contributed by atoms with E-state index in [1.165, 1.54) is 5.56 Å². The number of rotatable bonds is 4. The molecule has 3 aromatic heterocycles. The maximum absolute atomic E-state index is 8.96. The normalized spacial score (nSPS) is 14.3. The van der Waals surface area contributed by atoms with Crippen molar-refractivity contribution in [2.24, 2.45) is 13.0 Å². The van der Waals surface area contributed by atoms with Crippen LogP contribution < -0.4 is 9.80 Å². The van der Waals surface area contributed by atoms with Crippen molar-refractivity contribution in [1.82, 2.24) is 19.5 Å². The molecule has 0 unspecified atom stereocenters. The largest absolute Gasteiger partial charge is 0.354 e.